The fraction of sp³-hybridized carbons (Fsp3) is 0.304. The lowest BCUT2D eigenvalue weighted by Crippen LogP contribution is -2.55. The van der Waals surface area contributed by atoms with Gasteiger partial charge in [0.05, 0.1) is 43.5 Å². The van der Waals surface area contributed by atoms with Crippen molar-refractivity contribution in [2.75, 3.05) is 51.6 Å². The van der Waals surface area contributed by atoms with E-state index in [1.165, 1.54) is 13.2 Å². The van der Waals surface area contributed by atoms with Crippen LogP contribution in [0.5, 0.6) is 5.75 Å². The molecule has 1 spiro atoms. The zero-order valence-corrected chi connectivity index (χ0v) is 32.5. The van der Waals surface area contributed by atoms with Crippen molar-refractivity contribution < 1.29 is 48.3 Å². The van der Waals surface area contributed by atoms with E-state index in [1.807, 2.05) is 65.6 Å². The number of aliphatic hydroxyl groups excluding tert-OH is 2. The number of carbonyl (C=O) groups excluding carboxylic acids is 4. The van der Waals surface area contributed by atoms with Crippen molar-refractivity contribution in [2.45, 2.75) is 36.1 Å². The average molecular weight is 800 g/mol. The summed E-state index contributed by atoms with van der Waals surface area (Å²) >= 11 is 0. The van der Waals surface area contributed by atoms with Gasteiger partial charge in [-0.15, -0.1) is 6.58 Å². The van der Waals surface area contributed by atoms with Gasteiger partial charge < -0.3 is 34.5 Å². The van der Waals surface area contributed by atoms with Crippen LogP contribution in [0.3, 0.4) is 0 Å². The highest BCUT2D eigenvalue weighted by Crippen LogP contribution is 2.66. The summed E-state index contributed by atoms with van der Waals surface area (Å²) in [6, 6.07) is 27.0. The number of carbonyl (C=O) groups is 4. The van der Waals surface area contributed by atoms with E-state index < -0.39 is 59.4 Å². The molecular weight excluding hydrogens is 755 g/mol. The number of esters is 1. The third-order valence-electron chi connectivity index (χ3n) is 10.9. The van der Waals surface area contributed by atoms with Crippen LogP contribution >= 0.6 is 0 Å². The van der Waals surface area contributed by atoms with Crippen molar-refractivity contribution in [3.05, 3.63) is 144 Å². The minimum Gasteiger partial charge on any atom is -0.491 e. The molecular formula is C46H45N3O10. The van der Waals surface area contributed by atoms with Crippen molar-refractivity contribution in [3.8, 4) is 17.6 Å². The molecule has 0 aliphatic carbocycles. The fourth-order valence-electron chi connectivity index (χ4n) is 8.71. The number of amides is 3. The first-order valence-corrected chi connectivity index (χ1v) is 19.4. The van der Waals surface area contributed by atoms with Crippen LogP contribution in [0.15, 0.2) is 116 Å². The molecule has 0 radical (unpaired) electrons. The highest BCUT2D eigenvalue weighted by Gasteiger charge is 2.76. The molecule has 3 amide bonds. The van der Waals surface area contributed by atoms with Gasteiger partial charge in [-0.3, -0.25) is 19.3 Å². The topological polar surface area (TPSA) is 164 Å². The second-order valence-electron chi connectivity index (χ2n) is 14.2. The fourth-order valence-corrected chi connectivity index (χ4v) is 8.71. The number of nitrogens with zero attached hydrogens (tertiary/aromatic N) is 2. The van der Waals surface area contributed by atoms with Crippen LogP contribution in [0.2, 0.25) is 0 Å². The minimum absolute atomic E-state index is 0.000698. The zero-order valence-electron chi connectivity index (χ0n) is 32.5. The van der Waals surface area contributed by atoms with Gasteiger partial charge in [-0.2, -0.15) is 0 Å². The molecule has 3 aliphatic heterocycles. The first-order chi connectivity index (χ1) is 28.8. The second-order valence-corrected chi connectivity index (χ2v) is 14.2. The number of anilines is 1. The molecule has 3 aliphatic rings. The van der Waals surface area contributed by atoms with E-state index in [9.17, 15) is 15.0 Å². The van der Waals surface area contributed by atoms with Gasteiger partial charge >= 0.3 is 12.1 Å². The molecule has 4 aromatic rings. The Morgan fingerprint density at radius 1 is 0.898 bits per heavy atom. The summed E-state index contributed by atoms with van der Waals surface area (Å²) in [7, 11) is 1.45. The molecule has 7 rings (SSSR count). The summed E-state index contributed by atoms with van der Waals surface area (Å²) in [5.41, 5.74) is 0.567. The summed E-state index contributed by atoms with van der Waals surface area (Å²) in [4.78, 5) is 63.2. The first-order valence-electron chi connectivity index (χ1n) is 19.4. The van der Waals surface area contributed by atoms with Crippen molar-refractivity contribution >= 4 is 29.6 Å². The summed E-state index contributed by atoms with van der Waals surface area (Å²) in [5, 5.41) is 22.3. The predicted molar refractivity (Wildman–Crippen MR) is 216 cm³/mol. The maximum absolute atomic E-state index is 16.0. The van der Waals surface area contributed by atoms with E-state index in [-0.39, 0.29) is 63.0 Å². The standard InChI is InChI=1S/C46H45N3O10/c1-3-23-47-42(52)37-39-43(53)59-40(32-17-8-5-9-18-32)38(31-15-6-4-7-16-31)49(39)41(33-19-10-11-20-36(33)57-26-25-51)46(37)34-29-30(14-12-13-24-50)21-22-35(34)48(44(46)54)45(55)58-28-27-56-2/h3-11,15-22,29,37-41,50-51H,1,13,23-28H2,2H3,(H,47,52)/t37-,38-,39-,40+,41+,46-/m0/s1. The van der Waals surface area contributed by atoms with Crippen LogP contribution in [0.25, 0.3) is 0 Å². The molecule has 59 heavy (non-hydrogen) atoms. The summed E-state index contributed by atoms with van der Waals surface area (Å²) in [6.45, 7) is 3.05. The average Bonchev–Trinajstić information content (AvgIpc) is 3.71. The Morgan fingerprint density at radius 3 is 2.31 bits per heavy atom. The normalized spacial score (nSPS) is 23.1. The van der Waals surface area contributed by atoms with Crippen molar-refractivity contribution in [1.29, 1.82) is 0 Å². The van der Waals surface area contributed by atoms with Crippen LogP contribution in [-0.2, 0) is 34.0 Å². The monoisotopic (exact) mass is 799 g/mol. The van der Waals surface area contributed by atoms with Crippen LogP contribution < -0.4 is 15.0 Å². The largest absolute Gasteiger partial charge is 0.491 e. The number of fused-ring (bicyclic) bond motifs is 3. The zero-order chi connectivity index (χ0) is 41.5. The van der Waals surface area contributed by atoms with Gasteiger partial charge in [-0.05, 0) is 41.0 Å². The smallest absolute Gasteiger partial charge is 0.421 e. The van der Waals surface area contributed by atoms with Crippen LogP contribution in [0, 0.1) is 17.8 Å². The lowest BCUT2D eigenvalue weighted by molar-refractivity contribution is -0.178. The minimum atomic E-state index is -2.06. The van der Waals surface area contributed by atoms with Gasteiger partial charge in [0.2, 0.25) is 11.8 Å². The number of rotatable bonds is 13. The van der Waals surface area contributed by atoms with Gasteiger partial charge in [0.1, 0.15) is 36.5 Å². The second kappa shape index (κ2) is 18.1. The molecule has 0 bridgehead atoms. The van der Waals surface area contributed by atoms with Crippen LogP contribution in [0.4, 0.5) is 10.5 Å². The van der Waals surface area contributed by atoms with Crippen molar-refractivity contribution in [2.24, 2.45) is 5.92 Å². The number of ether oxygens (including phenoxy) is 4. The van der Waals surface area contributed by atoms with Crippen molar-refractivity contribution in [1.82, 2.24) is 10.2 Å². The van der Waals surface area contributed by atoms with E-state index in [2.05, 4.69) is 23.7 Å². The molecule has 0 saturated carbocycles. The number of methoxy groups -OCH3 is 1. The molecule has 2 fully saturated rings. The van der Waals surface area contributed by atoms with E-state index in [4.69, 9.17) is 18.9 Å². The summed E-state index contributed by atoms with van der Waals surface area (Å²) in [6.07, 6.45) is -0.273. The molecule has 3 heterocycles. The number of benzene rings is 4. The van der Waals surface area contributed by atoms with E-state index in [0.717, 1.165) is 10.5 Å². The maximum Gasteiger partial charge on any atom is 0.421 e. The number of cyclic esters (lactones) is 1. The Bertz CT molecular complexity index is 2260. The third kappa shape index (κ3) is 7.36. The highest BCUT2D eigenvalue weighted by atomic mass is 16.6. The molecule has 4 aromatic carbocycles. The van der Waals surface area contributed by atoms with Gasteiger partial charge in [-0.1, -0.05) is 96.8 Å². The Morgan fingerprint density at radius 2 is 1.61 bits per heavy atom. The van der Waals surface area contributed by atoms with Gasteiger partial charge in [0, 0.05) is 31.2 Å². The van der Waals surface area contributed by atoms with E-state index in [0.29, 0.717) is 16.7 Å². The Labute approximate surface area is 342 Å². The molecule has 3 N–H and O–H groups in total. The van der Waals surface area contributed by atoms with Gasteiger partial charge in [0.25, 0.3) is 0 Å². The first kappa shape index (κ1) is 40.9. The Kier molecular flexibility index (Phi) is 12.5. The van der Waals surface area contributed by atoms with Gasteiger partial charge in [0.15, 0.2) is 0 Å². The molecule has 304 valence electrons. The quantitative estimate of drug-likeness (QED) is 0.0753. The Hall–Kier alpha value is -6.30. The lowest BCUT2D eigenvalue weighted by Gasteiger charge is -2.46. The van der Waals surface area contributed by atoms with Gasteiger partial charge in [-0.25, -0.2) is 9.69 Å². The molecule has 6 atom stereocenters. The third-order valence-corrected chi connectivity index (χ3v) is 10.9. The van der Waals surface area contributed by atoms with Crippen molar-refractivity contribution in [3.63, 3.8) is 0 Å². The van der Waals surface area contributed by atoms with E-state index >= 15 is 14.4 Å². The van der Waals surface area contributed by atoms with E-state index in [1.54, 1.807) is 42.5 Å². The summed E-state index contributed by atoms with van der Waals surface area (Å²) < 4.78 is 23.4. The van der Waals surface area contributed by atoms with Crippen LogP contribution in [-0.4, -0.2) is 91.7 Å². The number of aliphatic hydroxyl groups is 2. The number of hydrogen-bond donors (Lipinski definition) is 3. The SMILES string of the molecule is C=CCNC(=O)[C@@H]1[C@H]2C(=O)O[C@H](c3ccccc3)[C@H](c3ccccc3)N2[C@H](c2ccccc2OCCO)[C@@]12C(=O)N(C(=O)OCCOC)c1ccc(C#CCCO)cc12. The molecule has 0 unspecified atom stereocenters. The molecule has 2 saturated heterocycles. The number of para-hydroxylation sites is 1. The number of morpholine rings is 1. The lowest BCUT2D eigenvalue weighted by atomic mass is 9.65. The maximum atomic E-state index is 16.0. The molecule has 13 heteroatoms. The highest BCUT2D eigenvalue weighted by molar-refractivity contribution is 6.23. The molecule has 13 nitrogen and oxygen atoms in total. The number of nitrogens with one attached hydrogen (secondary N) is 1. The predicted octanol–water partition coefficient (Wildman–Crippen LogP) is 4.54. The van der Waals surface area contributed by atoms with Crippen LogP contribution in [0.1, 0.15) is 52.4 Å². The molecule has 0 aromatic heterocycles. The number of hydrogen-bond acceptors (Lipinski definition) is 11. The Balaban J connectivity index is 1.61. The number of imide groups is 1. The summed E-state index contributed by atoms with van der Waals surface area (Å²) in [5.74, 6) is 2.49.